The van der Waals surface area contributed by atoms with Crippen LogP contribution in [0.15, 0.2) is 47.5 Å². The molecule has 0 spiro atoms. The van der Waals surface area contributed by atoms with Gasteiger partial charge in [-0.2, -0.15) is 0 Å². The van der Waals surface area contributed by atoms with Gasteiger partial charge in [0.25, 0.3) is 10.0 Å². The van der Waals surface area contributed by atoms with E-state index in [-0.39, 0.29) is 4.90 Å². The van der Waals surface area contributed by atoms with Crippen molar-refractivity contribution in [3.63, 3.8) is 0 Å². The topological polar surface area (TPSA) is 58.0 Å². The summed E-state index contributed by atoms with van der Waals surface area (Å²) in [6.07, 6.45) is 2.29. The number of likely N-dealkylation sites (N-methyl/N-ethyl adjacent to an activating group) is 2. The fourth-order valence-corrected chi connectivity index (χ4v) is 5.62. The van der Waals surface area contributed by atoms with E-state index in [4.69, 9.17) is 4.74 Å². The first-order valence-corrected chi connectivity index (χ1v) is 12.5. The van der Waals surface area contributed by atoms with Gasteiger partial charge in [-0.25, -0.2) is 16.8 Å². The number of hydrogen-bond donors (Lipinski definition) is 0. The zero-order valence-electron chi connectivity index (χ0n) is 19.6. The summed E-state index contributed by atoms with van der Waals surface area (Å²) in [4.78, 5) is 6.57. The number of piperazine rings is 1. The zero-order chi connectivity index (χ0) is 23.8. The minimum absolute atomic E-state index is 0.151. The van der Waals surface area contributed by atoms with Crippen LogP contribution in [0.2, 0.25) is 0 Å². The molecule has 2 heterocycles. The number of hydrogen-bond acceptors (Lipinski definition) is 6. The highest BCUT2D eigenvalue weighted by Gasteiger charge is 2.25. The van der Waals surface area contributed by atoms with Crippen LogP contribution < -0.4 is 9.64 Å². The van der Waals surface area contributed by atoms with E-state index in [0.717, 1.165) is 49.4 Å². The maximum Gasteiger partial charge on any atom is 0.268 e. The van der Waals surface area contributed by atoms with E-state index in [1.54, 1.807) is 37.6 Å². The molecule has 4 rings (SSSR count). The third-order valence-corrected chi connectivity index (χ3v) is 7.87. The Morgan fingerprint density at radius 1 is 1.06 bits per heavy atom. The Bertz CT molecular complexity index is 1250. The van der Waals surface area contributed by atoms with Gasteiger partial charge in [0.1, 0.15) is 11.6 Å². The molecule has 7 nitrogen and oxygen atoms in total. The summed E-state index contributed by atoms with van der Waals surface area (Å²) in [6, 6.07) is 9.24. The zero-order valence-corrected chi connectivity index (χ0v) is 20.4. The lowest BCUT2D eigenvalue weighted by Crippen LogP contribution is -2.44. The van der Waals surface area contributed by atoms with E-state index in [2.05, 4.69) is 16.8 Å². The minimum Gasteiger partial charge on any atom is -0.495 e. The van der Waals surface area contributed by atoms with E-state index < -0.39 is 15.8 Å². The van der Waals surface area contributed by atoms with Crippen LogP contribution in [0.4, 0.5) is 10.1 Å². The largest absolute Gasteiger partial charge is 0.495 e. The van der Waals surface area contributed by atoms with Gasteiger partial charge in [0.15, 0.2) is 0 Å². The second-order valence-corrected chi connectivity index (χ2v) is 10.6. The highest BCUT2D eigenvalue weighted by molar-refractivity contribution is 7.90. The first kappa shape index (κ1) is 23.5. The van der Waals surface area contributed by atoms with Gasteiger partial charge >= 0.3 is 0 Å². The number of methoxy groups -OCH3 is 1. The first-order chi connectivity index (χ1) is 15.7. The summed E-state index contributed by atoms with van der Waals surface area (Å²) >= 11 is 0. The van der Waals surface area contributed by atoms with Crippen molar-refractivity contribution in [1.82, 2.24) is 13.8 Å². The molecule has 1 fully saturated rings. The highest BCUT2D eigenvalue weighted by atomic mass is 32.2. The van der Waals surface area contributed by atoms with E-state index in [0.29, 0.717) is 17.7 Å². The van der Waals surface area contributed by atoms with Crippen LogP contribution in [-0.4, -0.2) is 83.2 Å². The van der Waals surface area contributed by atoms with Crippen LogP contribution in [0.25, 0.3) is 10.9 Å². The number of fused-ring (bicyclic) bond motifs is 1. The molecule has 1 aliphatic heterocycles. The molecule has 0 aliphatic carbocycles. The summed E-state index contributed by atoms with van der Waals surface area (Å²) < 4.78 is 48.4. The van der Waals surface area contributed by atoms with Crippen LogP contribution in [0.1, 0.15) is 5.56 Å². The van der Waals surface area contributed by atoms with E-state index in [9.17, 15) is 12.8 Å². The van der Waals surface area contributed by atoms with E-state index >= 15 is 0 Å². The maximum atomic E-state index is 14.1. The molecule has 0 saturated carbocycles. The van der Waals surface area contributed by atoms with Gasteiger partial charge in [0, 0.05) is 44.3 Å². The van der Waals surface area contributed by atoms with Crippen LogP contribution >= 0.6 is 0 Å². The Hall–Kier alpha value is -2.62. The maximum absolute atomic E-state index is 14.1. The Morgan fingerprint density at radius 3 is 2.45 bits per heavy atom. The molecule has 9 heteroatoms. The van der Waals surface area contributed by atoms with Crippen molar-refractivity contribution in [1.29, 1.82) is 0 Å². The third-order valence-electron chi connectivity index (χ3n) is 6.20. The third kappa shape index (κ3) is 4.71. The number of aromatic nitrogens is 1. The van der Waals surface area contributed by atoms with Crippen LogP contribution in [0.5, 0.6) is 5.75 Å². The fourth-order valence-electron chi connectivity index (χ4n) is 4.22. The highest BCUT2D eigenvalue weighted by Crippen LogP contribution is 2.34. The van der Waals surface area contributed by atoms with Crippen molar-refractivity contribution < 1.29 is 17.5 Å². The SMILES string of the molecule is COc1ccc(S(=O)(=O)n2cc(CCN(C)C)c3ccc(F)cc32)cc1N1CCN(C)CC1. The van der Waals surface area contributed by atoms with Crippen molar-refractivity contribution in [3.05, 3.63) is 54.0 Å². The number of nitrogens with zero attached hydrogens (tertiary/aromatic N) is 4. The molecule has 0 unspecified atom stereocenters. The smallest absolute Gasteiger partial charge is 0.268 e. The molecule has 1 aliphatic rings. The molecule has 2 aromatic carbocycles. The van der Waals surface area contributed by atoms with Crippen molar-refractivity contribution in [3.8, 4) is 5.75 Å². The molecular formula is C24H31FN4O3S. The predicted octanol–water partition coefficient (Wildman–Crippen LogP) is 2.88. The monoisotopic (exact) mass is 474 g/mol. The fraction of sp³-hybridized carbons (Fsp3) is 0.417. The number of halogens is 1. The average Bonchev–Trinajstić information content (AvgIpc) is 3.16. The molecular weight excluding hydrogens is 443 g/mol. The van der Waals surface area contributed by atoms with Crippen molar-refractivity contribution in [2.75, 3.05) is 65.9 Å². The Balaban J connectivity index is 1.80. The first-order valence-electron chi connectivity index (χ1n) is 11.0. The van der Waals surface area contributed by atoms with Gasteiger partial charge in [0.05, 0.1) is 23.2 Å². The lowest BCUT2D eigenvalue weighted by atomic mass is 10.1. The molecule has 1 saturated heterocycles. The van der Waals surface area contributed by atoms with Gasteiger partial charge in [-0.3, -0.25) is 0 Å². The lowest BCUT2D eigenvalue weighted by molar-refractivity contribution is 0.311. The van der Waals surface area contributed by atoms with Gasteiger partial charge in [-0.05, 0) is 69.5 Å². The quantitative estimate of drug-likeness (QED) is 0.525. The summed E-state index contributed by atoms with van der Waals surface area (Å²) in [6.45, 7) is 4.09. The lowest BCUT2D eigenvalue weighted by Gasteiger charge is -2.34. The van der Waals surface area contributed by atoms with E-state index in [1.807, 2.05) is 19.0 Å². The predicted molar refractivity (Wildman–Crippen MR) is 129 cm³/mol. The van der Waals surface area contributed by atoms with Gasteiger partial charge in [0.2, 0.25) is 0 Å². The van der Waals surface area contributed by atoms with Gasteiger partial charge in [-0.15, -0.1) is 0 Å². The number of anilines is 1. The molecule has 0 atom stereocenters. The Morgan fingerprint density at radius 2 is 1.79 bits per heavy atom. The molecule has 33 heavy (non-hydrogen) atoms. The molecule has 3 aromatic rings. The number of rotatable bonds is 7. The molecule has 178 valence electrons. The number of ether oxygens (including phenoxy) is 1. The Kier molecular flexibility index (Phi) is 6.65. The molecule has 0 bridgehead atoms. The molecule has 0 N–H and O–H groups in total. The summed E-state index contributed by atoms with van der Waals surface area (Å²) in [7, 11) is 3.63. The second-order valence-electron chi connectivity index (χ2n) is 8.79. The minimum atomic E-state index is -3.95. The van der Waals surface area contributed by atoms with Crippen LogP contribution in [0.3, 0.4) is 0 Å². The molecule has 0 radical (unpaired) electrons. The molecule has 1 aromatic heterocycles. The normalized spacial score (nSPS) is 15.5. The second kappa shape index (κ2) is 9.32. The number of benzene rings is 2. The van der Waals surface area contributed by atoms with Crippen molar-refractivity contribution in [2.45, 2.75) is 11.3 Å². The summed E-state index contributed by atoms with van der Waals surface area (Å²) in [5.74, 6) is 0.164. The van der Waals surface area contributed by atoms with Crippen LogP contribution in [0, 0.1) is 5.82 Å². The van der Waals surface area contributed by atoms with Crippen LogP contribution in [-0.2, 0) is 16.4 Å². The summed E-state index contributed by atoms with van der Waals surface area (Å²) in [5.41, 5.74) is 1.97. The van der Waals surface area contributed by atoms with E-state index in [1.165, 1.54) is 16.1 Å². The van der Waals surface area contributed by atoms with Gasteiger partial charge < -0.3 is 19.4 Å². The molecule has 0 amide bonds. The van der Waals surface area contributed by atoms with Crippen molar-refractivity contribution >= 4 is 26.6 Å². The Labute approximate surface area is 195 Å². The standard InChI is InChI=1S/C24H31FN4O3S/c1-26(2)10-9-18-17-29(22-15-19(25)5-7-21(18)22)33(30,31)20-6-8-24(32-4)23(16-20)28-13-11-27(3)12-14-28/h5-8,15-17H,9-14H2,1-4H3. The summed E-state index contributed by atoms with van der Waals surface area (Å²) in [5, 5.41) is 0.745. The van der Waals surface area contributed by atoms with Gasteiger partial charge in [-0.1, -0.05) is 0 Å². The van der Waals surface area contributed by atoms with Crippen molar-refractivity contribution in [2.24, 2.45) is 0 Å². The average molecular weight is 475 g/mol.